The van der Waals surface area contributed by atoms with Crippen molar-refractivity contribution in [1.82, 2.24) is 15.0 Å². The van der Waals surface area contributed by atoms with Crippen LogP contribution in [-0.4, -0.2) is 28.0 Å². The molecule has 0 saturated heterocycles. The molecule has 0 radical (unpaired) electrons. The molecule has 0 unspecified atom stereocenters. The van der Waals surface area contributed by atoms with Gasteiger partial charge in [0.15, 0.2) is 5.82 Å². The third-order valence-corrected chi connectivity index (χ3v) is 2.96. The SMILES string of the molecule is CCN(CC)c1nc(N)nc(-c2cccc(C)c2)n1. The van der Waals surface area contributed by atoms with Crippen LogP contribution in [-0.2, 0) is 0 Å². The Morgan fingerprint density at radius 3 is 2.47 bits per heavy atom. The molecule has 2 N–H and O–H groups in total. The molecule has 2 aromatic rings. The molecule has 0 atom stereocenters. The van der Waals surface area contributed by atoms with Crippen LogP contribution in [0.5, 0.6) is 0 Å². The summed E-state index contributed by atoms with van der Waals surface area (Å²) in [7, 11) is 0. The van der Waals surface area contributed by atoms with Crippen LogP contribution in [0.2, 0.25) is 0 Å². The highest BCUT2D eigenvalue weighted by Gasteiger charge is 2.11. The van der Waals surface area contributed by atoms with Crippen LogP contribution >= 0.6 is 0 Å². The number of anilines is 2. The van der Waals surface area contributed by atoms with Crippen molar-refractivity contribution in [1.29, 1.82) is 0 Å². The van der Waals surface area contributed by atoms with Crippen molar-refractivity contribution in [3.8, 4) is 11.4 Å². The Morgan fingerprint density at radius 1 is 1.11 bits per heavy atom. The van der Waals surface area contributed by atoms with Gasteiger partial charge in [0.05, 0.1) is 0 Å². The number of nitrogen functional groups attached to an aromatic ring is 1. The lowest BCUT2D eigenvalue weighted by Crippen LogP contribution is -2.25. The Hall–Kier alpha value is -2.17. The average Bonchev–Trinajstić information content (AvgIpc) is 2.39. The molecule has 0 spiro atoms. The van der Waals surface area contributed by atoms with Gasteiger partial charge in [-0.2, -0.15) is 15.0 Å². The summed E-state index contributed by atoms with van der Waals surface area (Å²) in [6, 6.07) is 8.05. The van der Waals surface area contributed by atoms with Crippen LogP contribution in [0.1, 0.15) is 19.4 Å². The molecule has 1 aromatic carbocycles. The Bertz CT molecular complexity index is 564. The maximum absolute atomic E-state index is 5.79. The van der Waals surface area contributed by atoms with Crippen molar-refractivity contribution >= 4 is 11.9 Å². The number of hydrogen-bond donors (Lipinski definition) is 1. The second-order valence-electron chi connectivity index (χ2n) is 4.36. The minimum absolute atomic E-state index is 0.258. The second kappa shape index (κ2) is 5.65. The van der Waals surface area contributed by atoms with E-state index in [2.05, 4.69) is 33.7 Å². The molecule has 0 aliphatic heterocycles. The van der Waals surface area contributed by atoms with E-state index in [0.29, 0.717) is 11.8 Å². The van der Waals surface area contributed by atoms with Gasteiger partial charge in [0.1, 0.15) is 0 Å². The van der Waals surface area contributed by atoms with Gasteiger partial charge >= 0.3 is 0 Å². The molecule has 5 heteroatoms. The van der Waals surface area contributed by atoms with Crippen molar-refractivity contribution in [2.45, 2.75) is 20.8 Å². The van der Waals surface area contributed by atoms with E-state index in [-0.39, 0.29) is 5.95 Å². The number of nitrogens with zero attached hydrogens (tertiary/aromatic N) is 4. The fourth-order valence-electron chi connectivity index (χ4n) is 1.94. The van der Waals surface area contributed by atoms with Gasteiger partial charge in [-0.05, 0) is 26.8 Å². The number of aryl methyl sites for hydroxylation is 1. The third kappa shape index (κ3) is 2.99. The van der Waals surface area contributed by atoms with Crippen molar-refractivity contribution < 1.29 is 0 Å². The van der Waals surface area contributed by atoms with Crippen molar-refractivity contribution in [3.63, 3.8) is 0 Å². The summed E-state index contributed by atoms with van der Waals surface area (Å²) >= 11 is 0. The molecule has 0 aliphatic rings. The van der Waals surface area contributed by atoms with Crippen LogP contribution in [0.3, 0.4) is 0 Å². The molecule has 0 amide bonds. The Balaban J connectivity index is 2.47. The first kappa shape index (κ1) is 13.3. The van der Waals surface area contributed by atoms with Gasteiger partial charge in [0.25, 0.3) is 0 Å². The molecular weight excluding hydrogens is 238 g/mol. The standard InChI is InChI=1S/C14H19N5/c1-4-19(5-2)14-17-12(16-13(15)18-14)11-8-6-7-10(3)9-11/h6-9H,4-5H2,1-3H3,(H2,15,16,17,18). The Labute approximate surface area is 113 Å². The van der Waals surface area contributed by atoms with E-state index in [0.717, 1.165) is 18.7 Å². The van der Waals surface area contributed by atoms with E-state index in [9.17, 15) is 0 Å². The first-order chi connectivity index (χ1) is 9.13. The van der Waals surface area contributed by atoms with Crippen LogP contribution in [0, 0.1) is 6.92 Å². The summed E-state index contributed by atoms with van der Waals surface area (Å²) in [5.74, 6) is 1.51. The van der Waals surface area contributed by atoms with Gasteiger partial charge in [-0.25, -0.2) is 0 Å². The van der Waals surface area contributed by atoms with Crippen molar-refractivity contribution in [2.24, 2.45) is 0 Å². The summed E-state index contributed by atoms with van der Waals surface area (Å²) < 4.78 is 0. The molecule has 5 nitrogen and oxygen atoms in total. The fourth-order valence-corrected chi connectivity index (χ4v) is 1.94. The normalized spacial score (nSPS) is 10.5. The summed E-state index contributed by atoms with van der Waals surface area (Å²) in [6.45, 7) is 7.85. The predicted octanol–water partition coefficient (Wildman–Crippen LogP) is 2.28. The summed E-state index contributed by atoms with van der Waals surface area (Å²) in [5, 5.41) is 0. The molecule has 1 aromatic heterocycles. The van der Waals surface area contributed by atoms with Crippen molar-refractivity contribution in [2.75, 3.05) is 23.7 Å². The van der Waals surface area contributed by atoms with E-state index < -0.39 is 0 Å². The van der Waals surface area contributed by atoms with Crippen LogP contribution < -0.4 is 10.6 Å². The Morgan fingerprint density at radius 2 is 1.84 bits per heavy atom. The highest BCUT2D eigenvalue weighted by atomic mass is 15.3. The lowest BCUT2D eigenvalue weighted by atomic mass is 10.1. The predicted molar refractivity (Wildman–Crippen MR) is 78.0 cm³/mol. The quantitative estimate of drug-likeness (QED) is 0.910. The molecule has 0 bridgehead atoms. The van der Waals surface area contributed by atoms with Gasteiger partial charge in [-0.1, -0.05) is 23.8 Å². The average molecular weight is 257 g/mol. The zero-order valence-corrected chi connectivity index (χ0v) is 11.6. The summed E-state index contributed by atoms with van der Waals surface area (Å²) in [5.41, 5.74) is 7.92. The minimum atomic E-state index is 0.258. The monoisotopic (exact) mass is 257 g/mol. The number of hydrogen-bond acceptors (Lipinski definition) is 5. The summed E-state index contributed by atoms with van der Waals surface area (Å²) in [6.07, 6.45) is 0. The third-order valence-electron chi connectivity index (χ3n) is 2.96. The van der Waals surface area contributed by atoms with E-state index in [1.165, 1.54) is 5.56 Å². The van der Waals surface area contributed by atoms with Gasteiger partial charge < -0.3 is 10.6 Å². The maximum atomic E-state index is 5.79. The Kier molecular flexibility index (Phi) is 3.94. The van der Waals surface area contributed by atoms with Gasteiger partial charge in [-0.3, -0.25) is 0 Å². The van der Waals surface area contributed by atoms with Crippen LogP contribution in [0.15, 0.2) is 24.3 Å². The first-order valence-corrected chi connectivity index (χ1v) is 6.47. The van der Waals surface area contributed by atoms with Gasteiger partial charge in [0, 0.05) is 18.7 Å². The molecule has 19 heavy (non-hydrogen) atoms. The highest BCUT2D eigenvalue weighted by molar-refractivity contribution is 5.58. The largest absolute Gasteiger partial charge is 0.368 e. The topological polar surface area (TPSA) is 67.9 Å². The first-order valence-electron chi connectivity index (χ1n) is 6.47. The molecular formula is C14H19N5. The number of aromatic nitrogens is 3. The molecule has 0 fully saturated rings. The lowest BCUT2D eigenvalue weighted by molar-refractivity contribution is 0.816. The minimum Gasteiger partial charge on any atom is -0.368 e. The smallest absolute Gasteiger partial charge is 0.230 e. The van der Waals surface area contributed by atoms with Crippen LogP contribution in [0.4, 0.5) is 11.9 Å². The van der Waals surface area contributed by atoms with Crippen LogP contribution in [0.25, 0.3) is 11.4 Å². The highest BCUT2D eigenvalue weighted by Crippen LogP contribution is 2.19. The second-order valence-corrected chi connectivity index (χ2v) is 4.36. The molecule has 100 valence electrons. The molecule has 1 heterocycles. The zero-order valence-electron chi connectivity index (χ0n) is 11.6. The van der Waals surface area contributed by atoms with E-state index in [4.69, 9.17) is 5.73 Å². The molecule has 2 rings (SSSR count). The van der Waals surface area contributed by atoms with Gasteiger partial charge in [0.2, 0.25) is 11.9 Å². The lowest BCUT2D eigenvalue weighted by Gasteiger charge is -2.18. The molecule has 0 aliphatic carbocycles. The van der Waals surface area contributed by atoms with E-state index in [1.807, 2.05) is 31.2 Å². The number of rotatable bonds is 4. The zero-order chi connectivity index (χ0) is 13.8. The number of benzene rings is 1. The fraction of sp³-hybridized carbons (Fsp3) is 0.357. The van der Waals surface area contributed by atoms with Gasteiger partial charge in [-0.15, -0.1) is 0 Å². The van der Waals surface area contributed by atoms with E-state index >= 15 is 0 Å². The summed E-state index contributed by atoms with van der Waals surface area (Å²) in [4.78, 5) is 15.0. The maximum Gasteiger partial charge on any atom is 0.230 e. The van der Waals surface area contributed by atoms with E-state index in [1.54, 1.807) is 0 Å². The molecule has 0 saturated carbocycles. The van der Waals surface area contributed by atoms with Crippen molar-refractivity contribution in [3.05, 3.63) is 29.8 Å². The number of nitrogens with two attached hydrogens (primary N) is 1.